The van der Waals surface area contributed by atoms with E-state index < -0.39 is 0 Å². The molecule has 0 aromatic heterocycles. The molecule has 0 amide bonds. The second-order valence-corrected chi connectivity index (χ2v) is 8.16. The first kappa shape index (κ1) is 18.1. The Labute approximate surface area is 163 Å². The maximum atomic E-state index is 3.66. The van der Waals surface area contributed by atoms with Gasteiger partial charge in [0.2, 0.25) is 0 Å². The molecule has 1 aliphatic heterocycles. The molecule has 3 atom stereocenters. The Morgan fingerprint density at radius 2 is 1.63 bits per heavy atom. The molecule has 140 valence electrons. The van der Waals surface area contributed by atoms with Crippen LogP contribution in [0.15, 0.2) is 85.0 Å². The van der Waals surface area contributed by atoms with Crippen LogP contribution in [0.1, 0.15) is 18.9 Å². The van der Waals surface area contributed by atoms with E-state index in [1.807, 2.05) is 0 Å². The predicted octanol–water partition coefficient (Wildman–Crippen LogP) is 4.85. The SMILES string of the molecule is CC1(N(C[C@H]2CNC[C@@H]2Cc2ccccc2)c2ccccc2)C=CC=CC1. The summed E-state index contributed by atoms with van der Waals surface area (Å²) in [5, 5.41) is 3.66. The van der Waals surface area contributed by atoms with Gasteiger partial charge in [0.25, 0.3) is 0 Å². The number of nitrogens with one attached hydrogen (secondary N) is 1. The molecule has 2 nitrogen and oxygen atoms in total. The van der Waals surface area contributed by atoms with Gasteiger partial charge in [0.15, 0.2) is 0 Å². The number of hydrogen-bond donors (Lipinski definition) is 1. The monoisotopic (exact) mass is 358 g/mol. The fraction of sp³-hybridized carbons (Fsp3) is 0.360. The third-order valence-electron chi connectivity index (χ3n) is 6.16. The highest BCUT2D eigenvalue weighted by molar-refractivity contribution is 5.51. The third-order valence-corrected chi connectivity index (χ3v) is 6.16. The van der Waals surface area contributed by atoms with E-state index in [2.05, 4.69) is 102 Å². The number of nitrogens with zero attached hydrogens (tertiary/aromatic N) is 1. The molecule has 1 fully saturated rings. The fourth-order valence-electron chi connectivity index (χ4n) is 4.52. The molecule has 1 aliphatic carbocycles. The standard InChI is InChI=1S/C25H30N2/c1-25(15-9-4-10-16-25)27(24-13-7-3-8-14-24)20-23-19-26-18-22(23)17-21-11-5-2-6-12-21/h2-15,22-23,26H,16-20H2,1H3/t22-,23+,25?/m0/s1. The summed E-state index contributed by atoms with van der Waals surface area (Å²) in [4.78, 5) is 2.63. The number of benzene rings is 2. The van der Waals surface area contributed by atoms with Gasteiger partial charge in [0, 0.05) is 12.2 Å². The summed E-state index contributed by atoms with van der Waals surface area (Å²) in [5.74, 6) is 1.34. The van der Waals surface area contributed by atoms with Crippen LogP contribution < -0.4 is 10.2 Å². The molecule has 0 spiro atoms. The van der Waals surface area contributed by atoms with Crippen LogP contribution in [0.4, 0.5) is 5.69 Å². The Morgan fingerprint density at radius 3 is 2.33 bits per heavy atom. The summed E-state index contributed by atoms with van der Waals surface area (Å²) in [7, 11) is 0. The lowest BCUT2D eigenvalue weighted by Gasteiger charge is -2.43. The van der Waals surface area contributed by atoms with Gasteiger partial charge >= 0.3 is 0 Å². The van der Waals surface area contributed by atoms with Crippen LogP contribution in [0.25, 0.3) is 0 Å². The van der Waals surface area contributed by atoms with Gasteiger partial charge in [-0.1, -0.05) is 72.8 Å². The third kappa shape index (κ3) is 4.17. The molecule has 1 heterocycles. The van der Waals surface area contributed by atoms with Crippen molar-refractivity contribution in [2.75, 3.05) is 24.5 Å². The first-order valence-corrected chi connectivity index (χ1v) is 10.2. The number of rotatable bonds is 6. The van der Waals surface area contributed by atoms with Crippen LogP contribution in [0.2, 0.25) is 0 Å². The fourth-order valence-corrected chi connectivity index (χ4v) is 4.52. The molecule has 2 aromatic rings. The highest BCUT2D eigenvalue weighted by atomic mass is 15.2. The summed E-state index contributed by atoms with van der Waals surface area (Å²) in [6.07, 6.45) is 11.3. The van der Waals surface area contributed by atoms with Crippen LogP contribution >= 0.6 is 0 Å². The van der Waals surface area contributed by atoms with E-state index in [0.29, 0.717) is 11.8 Å². The average Bonchev–Trinajstić information content (AvgIpc) is 3.15. The molecular weight excluding hydrogens is 328 g/mol. The maximum Gasteiger partial charge on any atom is 0.0594 e. The molecule has 0 radical (unpaired) electrons. The average molecular weight is 359 g/mol. The lowest BCUT2D eigenvalue weighted by Crippen LogP contribution is -2.49. The first-order chi connectivity index (χ1) is 13.2. The molecule has 1 unspecified atom stereocenters. The zero-order valence-corrected chi connectivity index (χ0v) is 16.2. The zero-order valence-electron chi connectivity index (χ0n) is 16.2. The largest absolute Gasteiger partial charge is 0.362 e. The van der Waals surface area contributed by atoms with Gasteiger partial charge in [-0.05, 0) is 62.4 Å². The Balaban J connectivity index is 1.55. The zero-order chi connectivity index (χ0) is 18.5. The van der Waals surface area contributed by atoms with Gasteiger partial charge in [-0.3, -0.25) is 0 Å². The van der Waals surface area contributed by atoms with Gasteiger partial charge < -0.3 is 10.2 Å². The van der Waals surface area contributed by atoms with Gasteiger partial charge in [0.1, 0.15) is 0 Å². The van der Waals surface area contributed by atoms with E-state index in [1.54, 1.807) is 0 Å². The first-order valence-electron chi connectivity index (χ1n) is 10.2. The molecule has 0 saturated carbocycles. The van der Waals surface area contributed by atoms with Crippen LogP contribution in [-0.2, 0) is 6.42 Å². The van der Waals surface area contributed by atoms with E-state index in [9.17, 15) is 0 Å². The minimum atomic E-state index is 0.0377. The Kier molecular flexibility index (Phi) is 5.45. The summed E-state index contributed by atoms with van der Waals surface area (Å²) < 4.78 is 0. The summed E-state index contributed by atoms with van der Waals surface area (Å²) in [5.41, 5.74) is 2.81. The van der Waals surface area contributed by atoms with Crippen molar-refractivity contribution >= 4 is 5.69 Å². The molecule has 2 aliphatic rings. The van der Waals surface area contributed by atoms with Crippen molar-refractivity contribution in [1.82, 2.24) is 5.32 Å². The van der Waals surface area contributed by atoms with Crippen LogP contribution in [0.5, 0.6) is 0 Å². The van der Waals surface area contributed by atoms with Crippen molar-refractivity contribution in [3.05, 3.63) is 90.5 Å². The van der Waals surface area contributed by atoms with Crippen molar-refractivity contribution in [3.8, 4) is 0 Å². The quantitative estimate of drug-likeness (QED) is 0.794. The van der Waals surface area contributed by atoms with E-state index in [-0.39, 0.29) is 5.54 Å². The number of allylic oxidation sites excluding steroid dienone is 2. The smallest absolute Gasteiger partial charge is 0.0594 e. The van der Waals surface area contributed by atoms with Gasteiger partial charge in [-0.15, -0.1) is 0 Å². The van der Waals surface area contributed by atoms with Crippen molar-refractivity contribution in [1.29, 1.82) is 0 Å². The lowest BCUT2D eigenvalue weighted by molar-refractivity contribution is 0.381. The van der Waals surface area contributed by atoms with E-state index in [4.69, 9.17) is 0 Å². The van der Waals surface area contributed by atoms with Crippen LogP contribution in [-0.4, -0.2) is 25.2 Å². The second kappa shape index (κ2) is 8.14. The molecule has 27 heavy (non-hydrogen) atoms. The van der Waals surface area contributed by atoms with E-state index in [0.717, 1.165) is 32.5 Å². The molecule has 4 rings (SSSR count). The minimum absolute atomic E-state index is 0.0377. The number of anilines is 1. The molecule has 2 aromatic carbocycles. The predicted molar refractivity (Wildman–Crippen MR) is 115 cm³/mol. The normalized spacial score (nSPS) is 27.0. The number of hydrogen-bond acceptors (Lipinski definition) is 2. The topological polar surface area (TPSA) is 15.3 Å². The van der Waals surface area contributed by atoms with Gasteiger partial charge in [-0.2, -0.15) is 0 Å². The number of para-hydroxylation sites is 1. The Bertz CT molecular complexity index is 780. The second-order valence-electron chi connectivity index (χ2n) is 8.16. The lowest BCUT2D eigenvalue weighted by atomic mass is 9.85. The summed E-state index contributed by atoms with van der Waals surface area (Å²) >= 11 is 0. The van der Waals surface area contributed by atoms with Crippen LogP contribution in [0.3, 0.4) is 0 Å². The summed E-state index contributed by atoms with van der Waals surface area (Å²) in [6.45, 7) is 5.68. The molecule has 0 bridgehead atoms. The van der Waals surface area contributed by atoms with Crippen molar-refractivity contribution in [2.24, 2.45) is 11.8 Å². The summed E-state index contributed by atoms with van der Waals surface area (Å²) in [6, 6.07) is 21.9. The molecular formula is C25H30N2. The van der Waals surface area contributed by atoms with Gasteiger partial charge in [0.05, 0.1) is 5.54 Å². The van der Waals surface area contributed by atoms with Crippen LogP contribution in [0, 0.1) is 11.8 Å². The molecule has 2 heteroatoms. The Morgan fingerprint density at radius 1 is 0.926 bits per heavy atom. The Hall–Kier alpha value is -2.32. The minimum Gasteiger partial charge on any atom is -0.362 e. The molecule has 1 N–H and O–H groups in total. The van der Waals surface area contributed by atoms with Crippen molar-refractivity contribution < 1.29 is 0 Å². The van der Waals surface area contributed by atoms with Crippen molar-refractivity contribution in [3.63, 3.8) is 0 Å². The maximum absolute atomic E-state index is 3.66. The highest BCUT2D eigenvalue weighted by Crippen LogP contribution is 2.33. The highest BCUT2D eigenvalue weighted by Gasteiger charge is 2.35. The van der Waals surface area contributed by atoms with Gasteiger partial charge in [-0.25, -0.2) is 0 Å². The van der Waals surface area contributed by atoms with Crippen molar-refractivity contribution in [2.45, 2.75) is 25.3 Å². The molecule has 1 saturated heterocycles. The van der Waals surface area contributed by atoms with E-state index in [1.165, 1.54) is 11.3 Å². The van der Waals surface area contributed by atoms with E-state index >= 15 is 0 Å².